The van der Waals surface area contributed by atoms with Gasteiger partial charge in [0.1, 0.15) is 5.82 Å². The molecule has 150 valence electrons. The molecule has 0 aliphatic carbocycles. The average Bonchev–Trinajstić information content (AvgIpc) is 2.69. The van der Waals surface area contributed by atoms with Crippen LogP contribution in [0.2, 0.25) is 0 Å². The number of sulfonamides is 1. The van der Waals surface area contributed by atoms with Gasteiger partial charge in [-0.2, -0.15) is 4.31 Å². The highest BCUT2D eigenvalue weighted by molar-refractivity contribution is 7.89. The minimum Gasteiger partial charge on any atom is -0.337 e. The van der Waals surface area contributed by atoms with Gasteiger partial charge in [0.25, 0.3) is 5.91 Å². The van der Waals surface area contributed by atoms with Crippen LogP contribution in [0, 0.1) is 11.7 Å². The van der Waals surface area contributed by atoms with Crippen molar-refractivity contribution in [3.63, 3.8) is 0 Å². The summed E-state index contributed by atoms with van der Waals surface area (Å²) < 4.78 is 40.1. The molecule has 2 aromatic carbocycles. The Balaban J connectivity index is 1.69. The lowest BCUT2D eigenvalue weighted by molar-refractivity contribution is 0.0785. The van der Waals surface area contributed by atoms with Crippen LogP contribution in [0.15, 0.2) is 53.4 Å². The molecule has 0 N–H and O–H groups in total. The van der Waals surface area contributed by atoms with Crippen molar-refractivity contribution in [3.8, 4) is 0 Å². The summed E-state index contributed by atoms with van der Waals surface area (Å²) in [5.41, 5.74) is 1.23. The lowest BCUT2D eigenvalue weighted by Crippen LogP contribution is -2.37. The molecule has 0 atom stereocenters. The number of carbonyl (C=O) groups is 1. The Morgan fingerprint density at radius 3 is 2.21 bits per heavy atom. The summed E-state index contributed by atoms with van der Waals surface area (Å²) in [4.78, 5) is 14.3. The van der Waals surface area contributed by atoms with Gasteiger partial charge in [0.15, 0.2) is 0 Å². The Kier molecular flexibility index (Phi) is 6.15. The normalized spacial score (nSPS) is 16.1. The molecule has 1 aliphatic rings. The zero-order valence-corrected chi connectivity index (χ0v) is 17.0. The fraction of sp³-hybridized carbons (Fsp3) is 0.381. The van der Waals surface area contributed by atoms with Crippen molar-refractivity contribution < 1.29 is 17.6 Å². The van der Waals surface area contributed by atoms with E-state index < -0.39 is 10.0 Å². The summed E-state index contributed by atoms with van der Waals surface area (Å²) in [5.74, 6) is 0.000790. The van der Waals surface area contributed by atoms with E-state index in [1.807, 2.05) is 0 Å². The first-order valence-corrected chi connectivity index (χ1v) is 10.8. The third-order valence-electron chi connectivity index (χ3n) is 5.16. The molecule has 0 radical (unpaired) electrons. The molecule has 0 saturated carbocycles. The number of nitrogens with zero attached hydrogens (tertiary/aromatic N) is 2. The van der Waals surface area contributed by atoms with Crippen molar-refractivity contribution in [2.24, 2.45) is 5.92 Å². The molecule has 1 heterocycles. The molecule has 1 fully saturated rings. The Labute approximate surface area is 165 Å². The topological polar surface area (TPSA) is 57.7 Å². The monoisotopic (exact) mass is 404 g/mol. The maximum Gasteiger partial charge on any atom is 0.253 e. The molecule has 0 aromatic heterocycles. The first kappa shape index (κ1) is 20.5. The van der Waals surface area contributed by atoms with Gasteiger partial charge in [0.05, 0.1) is 4.90 Å². The lowest BCUT2D eigenvalue weighted by Gasteiger charge is -2.29. The molecule has 1 saturated heterocycles. The zero-order chi connectivity index (χ0) is 20.3. The van der Waals surface area contributed by atoms with Gasteiger partial charge < -0.3 is 4.90 Å². The maximum atomic E-state index is 13.0. The summed E-state index contributed by atoms with van der Waals surface area (Å²) in [5, 5.41) is 0. The summed E-state index contributed by atoms with van der Waals surface area (Å²) in [6.07, 6.45) is 1.73. The number of halogens is 1. The number of rotatable bonds is 5. The van der Waals surface area contributed by atoms with Crippen molar-refractivity contribution in [1.82, 2.24) is 9.21 Å². The smallest absolute Gasteiger partial charge is 0.253 e. The second kappa shape index (κ2) is 8.41. The van der Waals surface area contributed by atoms with Crippen LogP contribution in [0.25, 0.3) is 0 Å². The molecule has 1 amide bonds. The quantitative estimate of drug-likeness (QED) is 0.766. The van der Waals surface area contributed by atoms with Crippen molar-refractivity contribution in [2.75, 3.05) is 20.1 Å². The molecule has 0 unspecified atom stereocenters. The van der Waals surface area contributed by atoms with Gasteiger partial charge in [0, 0.05) is 32.2 Å². The molecule has 28 heavy (non-hydrogen) atoms. The molecule has 0 spiro atoms. The second-order valence-electron chi connectivity index (χ2n) is 7.40. The van der Waals surface area contributed by atoms with Crippen molar-refractivity contribution in [3.05, 3.63) is 65.5 Å². The molecule has 2 aromatic rings. The number of benzene rings is 2. The molecule has 7 heteroatoms. The Morgan fingerprint density at radius 2 is 1.64 bits per heavy atom. The number of hydrogen-bond donors (Lipinski definition) is 0. The fourth-order valence-electron chi connectivity index (χ4n) is 3.30. The van der Waals surface area contributed by atoms with Gasteiger partial charge in [-0.15, -0.1) is 0 Å². The van der Waals surface area contributed by atoms with E-state index in [0.717, 1.165) is 18.4 Å². The molecular weight excluding hydrogens is 379 g/mol. The molecule has 1 aliphatic heterocycles. The predicted molar refractivity (Wildman–Crippen MR) is 106 cm³/mol. The Morgan fingerprint density at radius 1 is 1.07 bits per heavy atom. The van der Waals surface area contributed by atoms with E-state index >= 15 is 0 Å². The number of carbonyl (C=O) groups excluding carboxylic acids is 1. The van der Waals surface area contributed by atoms with Crippen LogP contribution >= 0.6 is 0 Å². The highest BCUT2D eigenvalue weighted by Crippen LogP contribution is 2.24. The average molecular weight is 405 g/mol. The van der Waals surface area contributed by atoms with E-state index in [9.17, 15) is 17.6 Å². The third kappa shape index (κ3) is 4.59. The zero-order valence-electron chi connectivity index (χ0n) is 16.1. The third-order valence-corrected chi connectivity index (χ3v) is 7.07. The Bertz CT molecular complexity index is 919. The van der Waals surface area contributed by atoms with Gasteiger partial charge in [-0.3, -0.25) is 4.79 Å². The number of hydrogen-bond acceptors (Lipinski definition) is 3. The van der Waals surface area contributed by atoms with Crippen LogP contribution in [0.3, 0.4) is 0 Å². The van der Waals surface area contributed by atoms with Crippen molar-refractivity contribution in [1.29, 1.82) is 0 Å². The molecular formula is C21H25FN2O3S. The van der Waals surface area contributed by atoms with E-state index in [0.29, 0.717) is 31.1 Å². The van der Waals surface area contributed by atoms with Crippen LogP contribution in [0.5, 0.6) is 0 Å². The molecule has 3 rings (SSSR count). The molecule has 0 bridgehead atoms. The summed E-state index contributed by atoms with van der Waals surface area (Å²) >= 11 is 0. The summed E-state index contributed by atoms with van der Waals surface area (Å²) in [6.45, 7) is 3.53. The van der Waals surface area contributed by atoms with Gasteiger partial charge in [-0.05, 0) is 60.7 Å². The number of amides is 1. The van der Waals surface area contributed by atoms with Crippen LogP contribution in [0.4, 0.5) is 4.39 Å². The van der Waals surface area contributed by atoms with Crippen LogP contribution in [0.1, 0.15) is 35.7 Å². The van der Waals surface area contributed by atoms with Crippen LogP contribution < -0.4 is 0 Å². The summed E-state index contributed by atoms with van der Waals surface area (Å²) in [6, 6.07) is 12.1. The van der Waals surface area contributed by atoms with Gasteiger partial charge in [0.2, 0.25) is 10.0 Å². The van der Waals surface area contributed by atoms with Crippen molar-refractivity contribution in [2.45, 2.75) is 31.2 Å². The highest BCUT2D eigenvalue weighted by Gasteiger charge is 2.28. The van der Waals surface area contributed by atoms with Gasteiger partial charge in [-0.1, -0.05) is 19.1 Å². The maximum absolute atomic E-state index is 13.0. The number of piperidine rings is 1. The SMILES string of the molecule is CC1CCN(S(=O)(=O)c2ccc(C(=O)N(C)Cc3ccc(F)cc3)cc2)CC1. The van der Waals surface area contributed by atoms with Gasteiger partial charge >= 0.3 is 0 Å². The lowest BCUT2D eigenvalue weighted by atomic mass is 10.0. The standard InChI is InChI=1S/C21H25FN2O3S/c1-16-11-13-24(14-12-16)28(26,27)20-9-5-18(6-10-20)21(25)23(2)15-17-3-7-19(22)8-4-17/h3-10,16H,11-15H2,1-2H3. The van der Waals surface area contributed by atoms with E-state index in [2.05, 4.69) is 6.92 Å². The minimum atomic E-state index is -3.53. The van der Waals surface area contributed by atoms with E-state index in [1.165, 1.54) is 33.5 Å². The van der Waals surface area contributed by atoms with Gasteiger partial charge in [-0.25, -0.2) is 12.8 Å². The highest BCUT2D eigenvalue weighted by atomic mass is 32.2. The fourth-order valence-corrected chi connectivity index (χ4v) is 4.77. The predicted octanol–water partition coefficient (Wildman–Crippen LogP) is 3.52. The Hall–Kier alpha value is -2.25. The van der Waals surface area contributed by atoms with Crippen LogP contribution in [-0.2, 0) is 16.6 Å². The molecule has 5 nitrogen and oxygen atoms in total. The van der Waals surface area contributed by atoms with E-state index in [-0.39, 0.29) is 16.6 Å². The minimum absolute atomic E-state index is 0.208. The largest absolute Gasteiger partial charge is 0.337 e. The van der Waals surface area contributed by atoms with E-state index in [4.69, 9.17) is 0 Å². The van der Waals surface area contributed by atoms with E-state index in [1.54, 1.807) is 31.3 Å². The first-order chi connectivity index (χ1) is 13.3. The second-order valence-corrected chi connectivity index (χ2v) is 9.34. The first-order valence-electron chi connectivity index (χ1n) is 9.37. The van der Waals surface area contributed by atoms with Crippen LogP contribution in [-0.4, -0.2) is 43.7 Å². The summed E-state index contributed by atoms with van der Waals surface area (Å²) in [7, 11) is -1.87. The van der Waals surface area contributed by atoms with Crippen molar-refractivity contribution >= 4 is 15.9 Å².